The van der Waals surface area contributed by atoms with E-state index in [9.17, 15) is 13.2 Å². The van der Waals surface area contributed by atoms with Gasteiger partial charge in [-0.1, -0.05) is 0 Å². The summed E-state index contributed by atoms with van der Waals surface area (Å²) in [6.45, 7) is 0.515. The molecule has 1 atom stereocenters. The van der Waals surface area contributed by atoms with Crippen LogP contribution in [0.25, 0.3) is 0 Å². The van der Waals surface area contributed by atoms with Crippen LogP contribution < -0.4 is 0 Å². The first-order valence-corrected chi connectivity index (χ1v) is 4.84. The minimum atomic E-state index is -3.06. The van der Waals surface area contributed by atoms with Crippen LogP contribution >= 0.6 is 0 Å². The predicted octanol–water partition coefficient (Wildman–Crippen LogP) is -0.870. The van der Waals surface area contributed by atoms with Crippen molar-refractivity contribution in [2.45, 2.75) is 11.8 Å². The quantitative estimate of drug-likeness (QED) is 0.530. The van der Waals surface area contributed by atoms with E-state index >= 15 is 0 Å². The molecule has 0 aromatic heterocycles. The minimum Gasteiger partial charge on any atom is -0.317 e. The van der Waals surface area contributed by atoms with Crippen molar-refractivity contribution in [3.63, 3.8) is 0 Å². The van der Waals surface area contributed by atoms with E-state index in [0.29, 0.717) is 13.0 Å². The van der Waals surface area contributed by atoms with Gasteiger partial charge in [0, 0.05) is 12.8 Å². The zero-order chi connectivity index (χ0) is 7.78. The van der Waals surface area contributed by atoms with Crippen molar-refractivity contribution in [2.24, 2.45) is 0 Å². The monoisotopic (exact) mass is 162 g/mol. The van der Waals surface area contributed by atoms with Gasteiger partial charge in [-0.2, -0.15) is 0 Å². The summed E-state index contributed by atoms with van der Waals surface area (Å²) in [5.41, 5.74) is 0. The summed E-state index contributed by atoms with van der Waals surface area (Å²) in [6, 6.07) is 0. The summed E-state index contributed by atoms with van der Waals surface area (Å²) in [7, 11) is -3.06. The van der Waals surface area contributed by atoms with Crippen molar-refractivity contribution in [3.05, 3.63) is 0 Å². The zero-order valence-corrected chi connectivity index (χ0v) is 6.39. The van der Waals surface area contributed by atoms with E-state index in [2.05, 4.69) is 0 Å². The van der Waals surface area contributed by atoms with Gasteiger partial charge in [-0.15, -0.1) is 0 Å². The van der Waals surface area contributed by atoms with Crippen LogP contribution in [0, 0.1) is 0 Å². The molecule has 1 rings (SSSR count). The van der Waals surface area contributed by atoms with Crippen molar-refractivity contribution in [1.29, 1.82) is 0 Å². The third-order valence-electron chi connectivity index (χ3n) is 1.58. The third-order valence-corrected chi connectivity index (χ3v) is 3.05. The fourth-order valence-corrected chi connectivity index (χ4v) is 2.06. The third kappa shape index (κ3) is 1.13. The minimum absolute atomic E-state index is 0.515. The molecule has 4 nitrogen and oxygen atoms in total. The second-order valence-electron chi connectivity index (χ2n) is 2.36. The number of sulfone groups is 1. The van der Waals surface area contributed by atoms with Gasteiger partial charge in [0.2, 0.25) is 0 Å². The lowest BCUT2D eigenvalue weighted by atomic mass is 10.2. The molecule has 0 bridgehead atoms. The summed E-state index contributed by atoms with van der Waals surface area (Å²) in [5.74, 6) is 0. The Labute approximate surface area is 59.7 Å². The maximum Gasteiger partial charge on any atom is 0.313 e. The molecule has 1 unspecified atom stereocenters. The lowest BCUT2D eigenvalue weighted by molar-refractivity contribution is 0.241. The highest BCUT2D eigenvalue weighted by molar-refractivity contribution is 7.91. The summed E-state index contributed by atoms with van der Waals surface area (Å²) in [4.78, 5) is 11.1. The molecular formula is C5H8NO3S. The number of rotatable bonds is 2. The van der Waals surface area contributed by atoms with E-state index in [1.165, 1.54) is 0 Å². The number of hydrogen-bond donors (Lipinski definition) is 0. The summed E-state index contributed by atoms with van der Waals surface area (Å²) in [6.07, 6.45) is 3.24. The molecule has 57 valence electrons. The summed E-state index contributed by atoms with van der Waals surface area (Å²) < 4.78 is 21.5. The van der Waals surface area contributed by atoms with Crippen LogP contribution in [0.1, 0.15) is 6.42 Å². The van der Waals surface area contributed by atoms with Crippen molar-refractivity contribution in [3.8, 4) is 0 Å². The highest BCUT2D eigenvalue weighted by Gasteiger charge is 2.35. The van der Waals surface area contributed by atoms with Gasteiger partial charge < -0.3 is 4.90 Å². The maximum absolute atomic E-state index is 10.8. The second kappa shape index (κ2) is 2.23. The Kier molecular flexibility index (Phi) is 1.68. The molecule has 1 saturated heterocycles. The van der Waals surface area contributed by atoms with Crippen LogP contribution in [0.3, 0.4) is 0 Å². The molecule has 1 amide bonds. The molecule has 0 saturated carbocycles. The maximum atomic E-state index is 10.8. The van der Waals surface area contributed by atoms with E-state index in [4.69, 9.17) is 0 Å². The fraction of sp³-hybridized carbons (Fsp3) is 0.800. The van der Waals surface area contributed by atoms with Gasteiger partial charge in [-0.25, -0.2) is 8.42 Å². The summed E-state index contributed by atoms with van der Waals surface area (Å²) >= 11 is 0. The van der Waals surface area contributed by atoms with Crippen LogP contribution in [-0.2, 0) is 14.6 Å². The van der Waals surface area contributed by atoms with Gasteiger partial charge in [-0.05, 0) is 6.42 Å². The fourth-order valence-electron chi connectivity index (χ4n) is 0.913. The second-order valence-corrected chi connectivity index (χ2v) is 4.56. The van der Waals surface area contributed by atoms with Crippen LogP contribution in [0.5, 0.6) is 0 Å². The lowest BCUT2D eigenvalue weighted by Gasteiger charge is -2.35. The Morgan fingerprint density at radius 2 is 2.20 bits per heavy atom. The molecule has 1 fully saturated rings. The van der Waals surface area contributed by atoms with Crippen LogP contribution in [0.15, 0.2) is 0 Å². The van der Waals surface area contributed by atoms with Crippen LogP contribution in [0.4, 0.5) is 0 Å². The molecule has 0 aliphatic carbocycles. The van der Waals surface area contributed by atoms with E-state index in [1.807, 2.05) is 0 Å². The Balaban J connectivity index is 2.69. The van der Waals surface area contributed by atoms with Gasteiger partial charge in [0.1, 0.15) is 5.37 Å². The summed E-state index contributed by atoms with van der Waals surface area (Å²) in [5, 5.41) is -0.606. The van der Waals surface area contributed by atoms with E-state index in [0.717, 1.165) is 11.2 Å². The molecule has 1 aliphatic rings. The molecule has 0 N–H and O–H groups in total. The van der Waals surface area contributed by atoms with Crippen molar-refractivity contribution in [1.82, 2.24) is 4.90 Å². The van der Waals surface area contributed by atoms with Crippen molar-refractivity contribution in [2.75, 3.05) is 12.8 Å². The lowest BCUT2D eigenvalue weighted by Crippen LogP contribution is -2.50. The first-order valence-electron chi connectivity index (χ1n) is 2.89. The van der Waals surface area contributed by atoms with E-state index < -0.39 is 15.2 Å². The first kappa shape index (κ1) is 7.53. The number of hydrogen-bond acceptors (Lipinski definition) is 3. The first-order chi connectivity index (χ1) is 4.55. The highest BCUT2D eigenvalue weighted by Crippen LogP contribution is 2.19. The normalized spacial score (nSPS) is 25.7. The molecule has 1 aliphatic heterocycles. The van der Waals surface area contributed by atoms with Gasteiger partial charge >= 0.3 is 6.41 Å². The predicted molar refractivity (Wildman–Crippen MR) is 35.6 cm³/mol. The number of amides is 1. The highest BCUT2D eigenvalue weighted by atomic mass is 32.2. The molecule has 10 heavy (non-hydrogen) atoms. The van der Waals surface area contributed by atoms with E-state index in [-0.39, 0.29) is 0 Å². The molecule has 0 spiro atoms. The van der Waals surface area contributed by atoms with Gasteiger partial charge in [0.25, 0.3) is 0 Å². The Hall–Kier alpha value is -0.580. The molecule has 5 heteroatoms. The molecule has 1 radical (unpaired) electrons. The topological polar surface area (TPSA) is 54.5 Å². The molecule has 0 aromatic rings. The van der Waals surface area contributed by atoms with Crippen molar-refractivity contribution >= 4 is 16.2 Å². The largest absolute Gasteiger partial charge is 0.317 e. The van der Waals surface area contributed by atoms with Crippen LogP contribution in [-0.4, -0.2) is 37.9 Å². The Bertz CT molecular complexity index is 233. The number of carbonyl (C=O) groups excluding carboxylic acids is 1. The molecular weight excluding hydrogens is 154 g/mol. The average molecular weight is 162 g/mol. The standard InChI is InChI=1S/C5H8NO3S/c1-10(8,9)5-2-3-6(5)4-7/h5H,2-3H2,1H3. The number of likely N-dealkylation sites (tertiary alicyclic amines) is 1. The zero-order valence-electron chi connectivity index (χ0n) is 5.57. The Morgan fingerprint density at radius 3 is 2.30 bits per heavy atom. The van der Waals surface area contributed by atoms with Gasteiger partial charge in [0.15, 0.2) is 9.84 Å². The smallest absolute Gasteiger partial charge is 0.313 e. The molecule has 1 heterocycles. The van der Waals surface area contributed by atoms with Gasteiger partial charge in [-0.3, -0.25) is 4.79 Å². The SMILES string of the molecule is CS(=O)(=O)C1CCN1[C]=O. The van der Waals surface area contributed by atoms with Crippen molar-refractivity contribution < 1.29 is 13.2 Å². The van der Waals surface area contributed by atoms with Crippen LogP contribution in [0.2, 0.25) is 0 Å². The van der Waals surface area contributed by atoms with Gasteiger partial charge in [0.05, 0.1) is 0 Å². The van der Waals surface area contributed by atoms with E-state index in [1.54, 1.807) is 6.41 Å². The Morgan fingerprint density at radius 1 is 1.60 bits per heavy atom. The number of nitrogens with zero attached hydrogens (tertiary/aromatic N) is 1. The molecule has 0 aromatic carbocycles. The average Bonchev–Trinajstić information content (AvgIpc) is 1.57.